The zero-order valence-corrected chi connectivity index (χ0v) is 12.5. The van der Waals surface area contributed by atoms with Gasteiger partial charge in [-0.25, -0.2) is 0 Å². The fraction of sp³-hybridized carbons (Fsp3) is 0.786. The van der Waals surface area contributed by atoms with Crippen LogP contribution >= 0.6 is 0 Å². The second-order valence-electron chi connectivity index (χ2n) is 5.36. The molecule has 1 aliphatic heterocycles. The van der Waals surface area contributed by atoms with Gasteiger partial charge in [0.05, 0.1) is 6.61 Å². The highest BCUT2D eigenvalue weighted by molar-refractivity contribution is 5.75. The lowest BCUT2D eigenvalue weighted by Gasteiger charge is -2.35. The van der Waals surface area contributed by atoms with Crippen molar-refractivity contribution in [3.63, 3.8) is 0 Å². The molecule has 0 radical (unpaired) electrons. The molecule has 0 aliphatic carbocycles. The predicted molar refractivity (Wildman–Crippen MR) is 73.1 cm³/mol. The predicted octanol–water partition coefficient (Wildman–Crippen LogP) is 1.58. The van der Waals surface area contributed by atoms with Crippen molar-refractivity contribution in [3.05, 3.63) is 11.7 Å². The molecular formula is C14H23N3O3. The Balaban J connectivity index is 1.89. The van der Waals surface area contributed by atoms with Crippen LogP contribution in [0.15, 0.2) is 4.52 Å². The summed E-state index contributed by atoms with van der Waals surface area (Å²) in [5.74, 6) is 1.70. The Bertz CT molecular complexity index is 447. The first-order valence-electron chi connectivity index (χ1n) is 7.30. The molecule has 0 amide bonds. The van der Waals surface area contributed by atoms with Crippen LogP contribution in [-0.2, 0) is 16.0 Å². The highest BCUT2D eigenvalue weighted by atomic mass is 16.5. The van der Waals surface area contributed by atoms with E-state index in [0.717, 1.165) is 38.2 Å². The maximum Gasteiger partial charge on any atom is 0.323 e. The average Bonchev–Trinajstić information content (AvgIpc) is 2.84. The lowest BCUT2D eigenvalue weighted by atomic mass is 9.93. The molecule has 0 aromatic carbocycles. The van der Waals surface area contributed by atoms with E-state index in [1.54, 1.807) is 6.92 Å². The van der Waals surface area contributed by atoms with Gasteiger partial charge < -0.3 is 9.26 Å². The first-order chi connectivity index (χ1) is 9.60. The van der Waals surface area contributed by atoms with Crippen LogP contribution in [0.3, 0.4) is 0 Å². The Labute approximate surface area is 119 Å². The molecule has 0 unspecified atom stereocenters. The molecule has 1 saturated heterocycles. The normalized spacial score (nSPS) is 21.6. The van der Waals surface area contributed by atoms with Gasteiger partial charge in [0.25, 0.3) is 0 Å². The van der Waals surface area contributed by atoms with Crippen LogP contribution in [0.2, 0.25) is 0 Å². The van der Waals surface area contributed by atoms with Crippen LogP contribution in [0.5, 0.6) is 0 Å². The van der Waals surface area contributed by atoms with Gasteiger partial charge in [-0.05, 0) is 39.2 Å². The number of nitrogens with zero attached hydrogens (tertiary/aromatic N) is 3. The highest BCUT2D eigenvalue weighted by Gasteiger charge is 2.28. The van der Waals surface area contributed by atoms with Crippen LogP contribution in [0, 0.1) is 12.8 Å². The third-order valence-electron chi connectivity index (χ3n) is 3.77. The van der Waals surface area contributed by atoms with E-state index in [0.29, 0.717) is 18.4 Å². The molecule has 0 bridgehead atoms. The van der Waals surface area contributed by atoms with Crippen LogP contribution in [-0.4, -0.2) is 46.7 Å². The van der Waals surface area contributed by atoms with Crippen molar-refractivity contribution in [3.8, 4) is 0 Å². The van der Waals surface area contributed by atoms with Gasteiger partial charge in [0.2, 0.25) is 5.89 Å². The highest BCUT2D eigenvalue weighted by Crippen LogP contribution is 2.21. The van der Waals surface area contributed by atoms with Gasteiger partial charge in [-0.1, -0.05) is 5.16 Å². The summed E-state index contributed by atoms with van der Waals surface area (Å²) >= 11 is 0. The van der Waals surface area contributed by atoms with Crippen molar-refractivity contribution < 1.29 is 14.1 Å². The second kappa shape index (κ2) is 6.83. The van der Waals surface area contributed by atoms with Gasteiger partial charge in [0, 0.05) is 19.9 Å². The molecule has 1 aromatic heterocycles. The van der Waals surface area contributed by atoms with Gasteiger partial charge in [0.1, 0.15) is 6.04 Å². The summed E-state index contributed by atoms with van der Waals surface area (Å²) in [4.78, 5) is 18.3. The summed E-state index contributed by atoms with van der Waals surface area (Å²) in [5.41, 5.74) is 0. The third kappa shape index (κ3) is 3.79. The molecule has 0 N–H and O–H groups in total. The molecule has 6 nitrogen and oxygen atoms in total. The van der Waals surface area contributed by atoms with E-state index in [1.807, 2.05) is 13.8 Å². The number of esters is 1. The minimum atomic E-state index is -0.176. The van der Waals surface area contributed by atoms with E-state index in [4.69, 9.17) is 9.26 Å². The Morgan fingerprint density at radius 2 is 2.40 bits per heavy atom. The van der Waals surface area contributed by atoms with Crippen molar-refractivity contribution in [2.75, 3.05) is 19.7 Å². The molecule has 112 valence electrons. The summed E-state index contributed by atoms with van der Waals surface area (Å²) in [6, 6.07) is -0.176. The molecule has 2 atom stereocenters. The number of ether oxygens (including phenoxy) is 1. The number of carbonyl (C=O) groups excluding carboxylic acids is 1. The van der Waals surface area contributed by atoms with Crippen molar-refractivity contribution in [1.82, 2.24) is 15.0 Å². The van der Waals surface area contributed by atoms with Crippen molar-refractivity contribution in [2.45, 2.75) is 46.1 Å². The average molecular weight is 281 g/mol. The monoisotopic (exact) mass is 281 g/mol. The van der Waals surface area contributed by atoms with Gasteiger partial charge in [-0.2, -0.15) is 4.98 Å². The maximum absolute atomic E-state index is 11.8. The molecule has 2 rings (SSSR count). The fourth-order valence-electron chi connectivity index (χ4n) is 2.71. The Kier molecular flexibility index (Phi) is 5.11. The zero-order valence-electron chi connectivity index (χ0n) is 12.5. The number of piperidine rings is 1. The minimum absolute atomic E-state index is 0.136. The van der Waals surface area contributed by atoms with Crippen molar-refractivity contribution >= 4 is 5.97 Å². The molecule has 1 fully saturated rings. The first kappa shape index (κ1) is 15.0. The van der Waals surface area contributed by atoms with Crippen molar-refractivity contribution in [1.29, 1.82) is 0 Å². The van der Waals surface area contributed by atoms with Crippen LogP contribution in [0.4, 0.5) is 0 Å². The molecule has 20 heavy (non-hydrogen) atoms. The number of hydrogen-bond donors (Lipinski definition) is 0. The Hall–Kier alpha value is -1.43. The van der Waals surface area contributed by atoms with Crippen LogP contribution in [0.1, 0.15) is 38.4 Å². The fourth-order valence-corrected chi connectivity index (χ4v) is 2.71. The van der Waals surface area contributed by atoms with Gasteiger partial charge >= 0.3 is 5.97 Å². The minimum Gasteiger partial charge on any atom is -0.465 e. The Morgan fingerprint density at radius 1 is 1.60 bits per heavy atom. The molecule has 6 heteroatoms. The van der Waals surface area contributed by atoms with E-state index in [9.17, 15) is 4.79 Å². The first-order valence-corrected chi connectivity index (χ1v) is 7.30. The number of likely N-dealkylation sites (tertiary alicyclic amines) is 1. The van der Waals surface area contributed by atoms with E-state index in [-0.39, 0.29) is 12.0 Å². The summed E-state index contributed by atoms with van der Waals surface area (Å²) in [5, 5.41) is 3.95. The van der Waals surface area contributed by atoms with Crippen LogP contribution < -0.4 is 0 Å². The second-order valence-corrected chi connectivity index (χ2v) is 5.36. The molecule has 0 saturated carbocycles. The summed E-state index contributed by atoms with van der Waals surface area (Å²) < 4.78 is 10.1. The van der Waals surface area contributed by atoms with E-state index >= 15 is 0 Å². The molecule has 1 aliphatic rings. The molecule has 2 heterocycles. The third-order valence-corrected chi connectivity index (χ3v) is 3.77. The lowest BCUT2D eigenvalue weighted by molar-refractivity contribution is -0.149. The lowest BCUT2D eigenvalue weighted by Crippen LogP contribution is -2.46. The summed E-state index contributed by atoms with van der Waals surface area (Å²) in [7, 11) is 0. The number of carbonyl (C=O) groups is 1. The number of rotatable bonds is 5. The number of aryl methyl sites for hydroxylation is 1. The van der Waals surface area contributed by atoms with E-state index < -0.39 is 0 Å². The largest absolute Gasteiger partial charge is 0.465 e. The topological polar surface area (TPSA) is 68.5 Å². The molecule has 0 spiro atoms. The van der Waals surface area contributed by atoms with Gasteiger partial charge in [-0.3, -0.25) is 9.69 Å². The zero-order chi connectivity index (χ0) is 14.5. The van der Waals surface area contributed by atoms with E-state index in [2.05, 4.69) is 15.0 Å². The molecular weight excluding hydrogens is 258 g/mol. The van der Waals surface area contributed by atoms with Crippen LogP contribution in [0.25, 0.3) is 0 Å². The standard InChI is InChI=1S/C14H23N3O3/c1-4-19-14(18)10(2)17-7-5-6-12(9-17)8-13-15-11(3)20-16-13/h10,12H,4-9H2,1-3H3/t10-,12-/m0/s1. The summed E-state index contributed by atoms with van der Waals surface area (Å²) in [6.45, 7) is 7.81. The number of aromatic nitrogens is 2. The van der Waals surface area contributed by atoms with E-state index in [1.165, 1.54) is 0 Å². The smallest absolute Gasteiger partial charge is 0.323 e. The summed E-state index contributed by atoms with van der Waals surface area (Å²) in [6.07, 6.45) is 3.04. The SMILES string of the molecule is CCOC(=O)[C@H](C)N1CCC[C@@H](Cc2noc(C)n2)C1. The van der Waals surface area contributed by atoms with Crippen molar-refractivity contribution in [2.24, 2.45) is 5.92 Å². The van der Waals surface area contributed by atoms with Gasteiger partial charge in [-0.15, -0.1) is 0 Å². The quantitative estimate of drug-likeness (QED) is 0.763. The Morgan fingerprint density at radius 3 is 3.05 bits per heavy atom. The molecule has 1 aromatic rings. The van der Waals surface area contributed by atoms with Gasteiger partial charge in [0.15, 0.2) is 5.82 Å². The number of hydrogen-bond acceptors (Lipinski definition) is 6. The maximum atomic E-state index is 11.8.